The molecule has 1 atom stereocenters. The zero-order valence-corrected chi connectivity index (χ0v) is 11.9. The molecule has 0 aliphatic heterocycles. The molecule has 0 heterocycles. The second kappa shape index (κ2) is 6.80. The Balaban J connectivity index is 4.66. The van der Waals surface area contributed by atoms with Crippen LogP contribution in [0.5, 0.6) is 0 Å². The fraction of sp³-hybridized carbons (Fsp3) is 0.786. The third-order valence-corrected chi connectivity index (χ3v) is 3.52. The van der Waals surface area contributed by atoms with Gasteiger partial charge in [0.1, 0.15) is 0 Å². The smallest absolute Gasteiger partial charge is 0.214 e. The van der Waals surface area contributed by atoms with Crippen molar-refractivity contribution in [1.29, 1.82) is 0 Å². The molecule has 0 fully saturated rings. The third kappa shape index (κ3) is 4.90. The van der Waals surface area contributed by atoms with Gasteiger partial charge in [0.05, 0.1) is 0 Å². The second-order valence-corrected chi connectivity index (χ2v) is 5.75. The van der Waals surface area contributed by atoms with Crippen molar-refractivity contribution in [3.63, 3.8) is 0 Å². The van der Waals surface area contributed by atoms with Crippen LogP contribution in [-0.2, 0) is 4.79 Å². The average molecular weight is 241 g/mol. The first-order valence-corrected chi connectivity index (χ1v) is 6.29. The van der Waals surface area contributed by atoms with Gasteiger partial charge < -0.3 is 10.0 Å². The van der Waals surface area contributed by atoms with Gasteiger partial charge in [-0.1, -0.05) is 27.4 Å². The molecule has 1 N–H and O–H groups in total. The summed E-state index contributed by atoms with van der Waals surface area (Å²) in [6.45, 7) is 14.5. The predicted molar refractivity (Wildman–Crippen MR) is 71.4 cm³/mol. The number of aliphatic hydroxyl groups is 1. The van der Waals surface area contributed by atoms with Crippen molar-refractivity contribution in [3.8, 4) is 0 Å². The van der Waals surface area contributed by atoms with E-state index in [1.807, 2.05) is 13.8 Å². The monoisotopic (exact) mass is 241 g/mol. The van der Waals surface area contributed by atoms with Gasteiger partial charge in [-0.2, -0.15) is 0 Å². The molecule has 0 saturated heterocycles. The maximum atomic E-state index is 11.2. The summed E-state index contributed by atoms with van der Waals surface area (Å²) in [5, 5.41) is 9.03. The molecule has 3 heteroatoms. The van der Waals surface area contributed by atoms with E-state index in [4.69, 9.17) is 5.11 Å². The van der Waals surface area contributed by atoms with E-state index in [1.54, 1.807) is 4.90 Å². The van der Waals surface area contributed by atoms with Crippen molar-refractivity contribution in [3.05, 3.63) is 12.3 Å². The fourth-order valence-corrected chi connectivity index (χ4v) is 1.75. The lowest BCUT2D eigenvalue weighted by Crippen LogP contribution is -2.43. The molecule has 0 radical (unpaired) electrons. The van der Waals surface area contributed by atoms with E-state index in [0.717, 1.165) is 18.5 Å². The molecule has 3 nitrogen and oxygen atoms in total. The Morgan fingerprint density at radius 3 is 2.29 bits per heavy atom. The molecule has 0 rings (SSSR count). The lowest BCUT2D eigenvalue weighted by molar-refractivity contribution is -0.121. The van der Waals surface area contributed by atoms with Gasteiger partial charge >= 0.3 is 0 Å². The van der Waals surface area contributed by atoms with Crippen molar-refractivity contribution in [2.45, 2.75) is 53.0 Å². The van der Waals surface area contributed by atoms with Crippen LogP contribution in [0.15, 0.2) is 12.3 Å². The van der Waals surface area contributed by atoms with Gasteiger partial charge in [-0.25, -0.2) is 0 Å². The predicted octanol–water partition coefficient (Wildman–Crippen LogP) is 2.80. The van der Waals surface area contributed by atoms with E-state index >= 15 is 0 Å². The van der Waals surface area contributed by atoms with Crippen LogP contribution in [-0.4, -0.2) is 28.6 Å². The van der Waals surface area contributed by atoms with Crippen molar-refractivity contribution in [2.75, 3.05) is 6.61 Å². The summed E-state index contributed by atoms with van der Waals surface area (Å²) in [5.41, 5.74) is 0.462. The number of allylic oxidation sites excluding steroid dienone is 1. The number of nitrogens with zero attached hydrogens (tertiary/aromatic N) is 1. The number of rotatable bonds is 8. The van der Waals surface area contributed by atoms with E-state index in [9.17, 15) is 4.79 Å². The van der Waals surface area contributed by atoms with E-state index in [2.05, 4.69) is 27.4 Å². The highest BCUT2D eigenvalue weighted by Gasteiger charge is 2.27. The molecule has 0 aliphatic carbocycles. The minimum atomic E-state index is -0.371. The van der Waals surface area contributed by atoms with Crippen LogP contribution in [0.3, 0.4) is 0 Å². The lowest BCUT2D eigenvalue weighted by atomic mass is 9.91. The summed E-state index contributed by atoms with van der Waals surface area (Å²) in [7, 11) is 0. The number of hydrogen-bond acceptors (Lipinski definition) is 2. The Kier molecular flexibility index (Phi) is 6.46. The number of hydrogen-bond donors (Lipinski definition) is 1. The zero-order valence-electron chi connectivity index (χ0n) is 11.9. The van der Waals surface area contributed by atoms with Crippen LogP contribution in [0.4, 0.5) is 0 Å². The van der Waals surface area contributed by atoms with Crippen LogP contribution in [0.1, 0.15) is 47.5 Å². The van der Waals surface area contributed by atoms with Crippen molar-refractivity contribution in [1.82, 2.24) is 4.90 Å². The number of amides is 1. The van der Waals surface area contributed by atoms with E-state index in [0.29, 0.717) is 18.3 Å². The standard InChI is InChI=1S/C14H27NO2/c1-11(2)12(3)9-13(4)15(10-17)14(5,6)7-8-16/h10-12,16H,4,7-9H2,1-3,5-6H3. The first kappa shape index (κ1) is 16.2. The summed E-state index contributed by atoms with van der Waals surface area (Å²) in [4.78, 5) is 12.9. The van der Waals surface area contributed by atoms with Crippen LogP contribution < -0.4 is 0 Å². The highest BCUT2D eigenvalue weighted by molar-refractivity contribution is 5.52. The number of carbonyl (C=O) groups excluding carboxylic acids is 1. The summed E-state index contributed by atoms with van der Waals surface area (Å²) in [6, 6.07) is 0. The molecule has 17 heavy (non-hydrogen) atoms. The van der Waals surface area contributed by atoms with Crippen molar-refractivity contribution < 1.29 is 9.90 Å². The molecule has 0 aromatic heterocycles. The Labute approximate surface area is 106 Å². The normalized spacial score (nSPS) is 13.6. The highest BCUT2D eigenvalue weighted by Crippen LogP contribution is 2.26. The van der Waals surface area contributed by atoms with E-state index in [1.165, 1.54) is 0 Å². The Morgan fingerprint density at radius 1 is 1.41 bits per heavy atom. The largest absolute Gasteiger partial charge is 0.396 e. The average Bonchev–Trinajstić information content (AvgIpc) is 2.17. The van der Waals surface area contributed by atoms with Gasteiger partial charge in [-0.3, -0.25) is 4.79 Å². The maximum Gasteiger partial charge on any atom is 0.214 e. The minimum absolute atomic E-state index is 0.0738. The number of aliphatic hydroxyl groups excluding tert-OH is 1. The van der Waals surface area contributed by atoms with E-state index in [-0.39, 0.29) is 12.1 Å². The maximum absolute atomic E-state index is 11.2. The topological polar surface area (TPSA) is 40.5 Å². The Morgan fingerprint density at radius 2 is 1.94 bits per heavy atom. The fourth-order valence-electron chi connectivity index (χ4n) is 1.75. The molecular weight excluding hydrogens is 214 g/mol. The molecule has 0 bridgehead atoms. The molecule has 0 aromatic rings. The van der Waals surface area contributed by atoms with Crippen LogP contribution in [0.2, 0.25) is 0 Å². The molecule has 0 spiro atoms. The van der Waals surface area contributed by atoms with Crippen molar-refractivity contribution in [2.24, 2.45) is 11.8 Å². The first-order valence-electron chi connectivity index (χ1n) is 6.29. The Hall–Kier alpha value is -0.830. The summed E-state index contributed by atoms with van der Waals surface area (Å²) in [6.07, 6.45) is 2.19. The summed E-state index contributed by atoms with van der Waals surface area (Å²) < 4.78 is 0. The molecule has 1 unspecified atom stereocenters. The van der Waals surface area contributed by atoms with E-state index < -0.39 is 0 Å². The van der Waals surface area contributed by atoms with Gasteiger partial charge in [-0.05, 0) is 38.5 Å². The van der Waals surface area contributed by atoms with Gasteiger partial charge in [0.25, 0.3) is 0 Å². The summed E-state index contributed by atoms with van der Waals surface area (Å²) in [5.74, 6) is 1.07. The van der Waals surface area contributed by atoms with Gasteiger partial charge in [0, 0.05) is 17.8 Å². The molecular formula is C14H27NO2. The van der Waals surface area contributed by atoms with Gasteiger partial charge in [0.15, 0.2) is 0 Å². The van der Waals surface area contributed by atoms with Crippen LogP contribution in [0, 0.1) is 11.8 Å². The second-order valence-electron chi connectivity index (χ2n) is 5.75. The molecule has 0 saturated carbocycles. The molecule has 0 aromatic carbocycles. The van der Waals surface area contributed by atoms with Gasteiger partial charge in [-0.15, -0.1) is 0 Å². The quantitative estimate of drug-likeness (QED) is 0.664. The van der Waals surface area contributed by atoms with Gasteiger partial charge in [0.2, 0.25) is 6.41 Å². The SMILES string of the molecule is C=C(CC(C)C(C)C)N(C=O)C(C)(C)CCO. The third-order valence-electron chi connectivity index (χ3n) is 3.52. The van der Waals surface area contributed by atoms with Crippen molar-refractivity contribution >= 4 is 6.41 Å². The minimum Gasteiger partial charge on any atom is -0.396 e. The number of carbonyl (C=O) groups is 1. The lowest BCUT2D eigenvalue weighted by Gasteiger charge is -2.37. The summed E-state index contributed by atoms with van der Waals surface area (Å²) >= 11 is 0. The molecule has 0 aliphatic rings. The van der Waals surface area contributed by atoms with Crippen LogP contribution in [0.25, 0.3) is 0 Å². The molecule has 100 valence electrons. The molecule has 1 amide bonds. The highest BCUT2D eigenvalue weighted by atomic mass is 16.3. The van der Waals surface area contributed by atoms with Crippen LogP contribution >= 0.6 is 0 Å². The first-order chi connectivity index (χ1) is 7.76. The Bertz CT molecular complexity index is 259. The zero-order chi connectivity index (χ0) is 13.6.